The molecule has 2 rings (SSSR count). The summed E-state index contributed by atoms with van der Waals surface area (Å²) in [5, 5.41) is 10.5. The molecule has 1 heterocycles. The number of aliphatic hydroxyl groups is 1. The molecule has 0 aromatic heterocycles. The van der Waals surface area contributed by atoms with Gasteiger partial charge in [0, 0.05) is 11.6 Å². The number of aliphatic hydroxyl groups excluding tert-OH is 1. The third-order valence-electron chi connectivity index (χ3n) is 2.88. The van der Waals surface area contributed by atoms with Crippen LogP contribution in [0.3, 0.4) is 0 Å². The van der Waals surface area contributed by atoms with Crippen molar-refractivity contribution in [3.63, 3.8) is 0 Å². The van der Waals surface area contributed by atoms with Crippen LogP contribution in [0.5, 0.6) is 0 Å². The van der Waals surface area contributed by atoms with E-state index in [9.17, 15) is 5.11 Å². The summed E-state index contributed by atoms with van der Waals surface area (Å²) in [7, 11) is 0. The second kappa shape index (κ2) is 7.52. The summed E-state index contributed by atoms with van der Waals surface area (Å²) in [4.78, 5) is 0. The van der Waals surface area contributed by atoms with Crippen molar-refractivity contribution in [3.8, 4) is 11.8 Å². The molecule has 0 radical (unpaired) electrons. The molecule has 0 bridgehead atoms. The zero-order valence-electron chi connectivity index (χ0n) is 10.6. The van der Waals surface area contributed by atoms with Crippen LogP contribution < -0.4 is 0 Å². The molecule has 2 atom stereocenters. The van der Waals surface area contributed by atoms with Gasteiger partial charge in [-0.2, -0.15) is 0 Å². The normalized spacial score (nSPS) is 20.4. The molecule has 4 heteroatoms. The van der Waals surface area contributed by atoms with E-state index in [-0.39, 0.29) is 12.9 Å². The third kappa shape index (κ3) is 4.85. The van der Waals surface area contributed by atoms with Gasteiger partial charge in [0.15, 0.2) is 6.29 Å². The second-order valence-electron chi connectivity index (χ2n) is 4.39. The van der Waals surface area contributed by atoms with E-state index in [1.165, 1.54) is 0 Å². The van der Waals surface area contributed by atoms with E-state index in [0.29, 0.717) is 10.6 Å². The largest absolute Gasteiger partial charge is 0.376 e. The molecule has 0 aliphatic carbocycles. The number of hydrogen-bond donors (Lipinski definition) is 1. The van der Waals surface area contributed by atoms with Gasteiger partial charge in [-0.15, -0.1) is 0 Å². The van der Waals surface area contributed by atoms with Crippen molar-refractivity contribution in [1.29, 1.82) is 0 Å². The van der Waals surface area contributed by atoms with E-state index >= 15 is 0 Å². The third-order valence-corrected chi connectivity index (χ3v) is 3.12. The Kier molecular flexibility index (Phi) is 5.68. The standard InChI is InChI=1S/C15H17ClO3/c16-13-6-3-5-12(11-13)14(17)7-4-10-19-15-8-1-2-9-18-15/h3,5-6,11,14-15,17H,1-2,8-10H2. The lowest BCUT2D eigenvalue weighted by Crippen LogP contribution is -2.22. The molecule has 1 aromatic carbocycles. The van der Waals surface area contributed by atoms with Crippen LogP contribution in [-0.4, -0.2) is 24.6 Å². The van der Waals surface area contributed by atoms with Crippen molar-refractivity contribution in [1.82, 2.24) is 0 Å². The summed E-state index contributed by atoms with van der Waals surface area (Å²) in [6.07, 6.45) is 2.15. The predicted octanol–water partition coefficient (Wildman–Crippen LogP) is 2.92. The van der Waals surface area contributed by atoms with Gasteiger partial charge in [-0.25, -0.2) is 0 Å². The molecule has 2 unspecified atom stereocenters. The average Bonchev–Trinajstić information content (AvgIpc) is 2.44. The van der Waals surface area contributed by atoms with E-state index in [1.807, 2.05) is 0 Å². The number of benzene rings is 1. The Bertz CT molecular complexity index is 458. The molecule has 102 valence electrons. The van der Waals surface area contributed by atoms with Crippen LogP contribution in [0, 0.1) is 11.8 Å². The molecule has 0 spiro atoms. The van der Waals surface area contributed by atoms with Crippen molar-refractivity contribution in [2.24, 2.45) is 0 Å². The summed E-state index contributed by atoms with van der Waals surface area (Å²) >= 11 is 5.85. The highest BCUT2D eigenvalue weighted by molar-refractivity contribution is 6.30. The minimum atomic E-state index is -0.838. The van der Waals surface area contributed by atoms with Gasteiger partial charge in [0.05, 0.1) is 0 Å². The fourth-order valence-corrected chi connectivity index (χ4v) is 2.07. The Morgan fingerprint density at radius 1 is 1.47 bits per heavy atom. The molecule has 19 heavy (non-hydrogen) atoms. The molecule has 0 saturated carbocycles. The molecule has 1 saturated heterocycles. The van der Waals surface area contributed by atoms with Crippen LogP contribution in [0.1, 0.15) is 30.9 Å². The fraction of sp³-hybridized carbons (Fsp3) is 0.467. The van der Waals surface area contributed by atoms with Crippen LogP contribution in [0.25, 0.3) is 0 Å². The molecule has 1 aliphatic heterocycles. The summed E-state index contributed by atoms with van der Waals surface area (Å²) in [5.74, 6) is 5.54. The first kappa shape index (κ1) is 14.4. The highest BCUT2D eigenvalue weighted by Gasteiger charge is 2.12. The Hall–Kier alpha value is -1.05. The monoisotopic (exact) mass is 280 g/mol. The summed E-state index contributed by atoms with van der Waals surface area (Å²) in [6, 6.07) is 7.03. The van der Waals surface area contributed by atoms with Crippen molar-refractivity contribution in [3.05, 3.63) is 34.9 Å². The maximum Gasteiger partial charge on any atom is 0.158 e. The molecular formula is C15H17ClO3. The van der Waals surface area contributed by atoms with Gasteiger partial charge in [-0.1, -0.05) is 35.6 Å². The van der Waals surface area contributed by atoms with Crippen molar-refractivity contribution in [2.45, 2.75) is 31.7 Å². The lowest BCUT2D eigenvalue weighted by atomic mass is 10.1. The van der Waals surface area contributed by atoms with Gasteiger partial charge in [0.25, 0.3) is 0 Å². The zero-order valence-corrected chi connectivity index (χ0v) is 11.4. The highest BCUT2D eigenvalue weighted by Crippen LogP contribution is 2.17. The minimum absolute atomic E-state index is 0.147. The minimum Gasteiger partial charge on any atom is -0.376 e. The first-order valence-corrected chi connectivity index (χ1v) is 6.78. The van der Waals surface area contributed by atoms with Crippen molar-refractivity contribution < 1.29 is 14.6 Å². The van der Waals surface area contributed by atoms with E-state index in [4.69, 9.17) is 21.1 Å². The summed E-state index contributed by atoms with van der Waals surface area (Å²) in [6.45, 7) is 1.02. The zero-order chi connectivity index (χ0) is 13.5. The molecule has 1 aliphatic rings. The molecule has 0 amide bonds. The molecular weight excluding hydrogens is 264 g/mol. The van der Waals surface area contributed by atoms with Gasteiger partial charge < -0.3 is 14.6 Å². The van der Waals surface area contributed by atoms with Gasteiger partial charge >= 0.3 is 0 Å². The molecule has 1 N–H and O–H groups in total. The van der Waals surface area contributed by atoms with E-state index in [0.717, 1.165) is 25.9 Å². The maximum absolute atomic E-state index is 9.86. The van der Waals surface area contributed by atoms with Gasteiger partial charge in [-0.3, -0.25) is 0 Å². The number of rotatable bonds is 3. The molecule has 1 aromatic rings. The number of halogens is 1. The van der Waals surface area contributed by atoms with Crippen LogP contribution >= 0.6 is 11.6 Å². The first-order chi connectivity index (χ1) is 9.25. The van der Waals surface area contributed by atoms with Crippen molar-refractivity contribution >= 4 is 11.6 Å². The Morgan fingerprint density at radius 2 is 2.37 bits per heavy atom. The number of ether oxygens (including phenoxy) is 2. The van der Waals surface area contributed by atoms with E-state index in [2.05, 4.69) is 11.8 Å². The topological polar surface area (TPSA) is 38.7 Å². The Balaban J connectivity index is 1.79. The quantitative estimate of drug-likeness (QED) is 0.865. The smallest absolute Gasteiger partial charge is 0.158 e. The van der Waals surface area contributed by atoms with E-state index < -0.39 is 6.10 Å². The van der Waals surface area contributed by atoms with Gasteiger partial charge in [0.2, 0.25) is 0 Å². The Labute approximate surface area is 118 Å². The lowest BCUT2D eigenvalue weighted by molar-refractivity contribution is -0.154. The van der Waals surface area contributed by atoms with Gasteiger partial charge in [-0.05, 0) is 37.0 Å². The highest BCUT2D eigenvalue weighted by atomic mass is 35.5. The maximum atomic E-state index is 9.86. The van der Waals surface area contributed by atoms with Crippen LogP contribution in [0.15, 0.2) is 24.3 Å². The van der Waals surface area contributed by atoms with Crippen LogP contribution in [-0.2, 0) is 9.47 Å². The van der Waals surface area contributed by atoms with Crippen LogP contribution in [0.2, 0.25) is 5.02 Å². The number of hydrogen-bond acceptors (Lipinski definition) is 3. The van der Waals surface area contributed by atoms with Gasteiger partial charge in [0.1, 0.15) is 12.7 Å². The first-order valence-electron chi connectivity index (χ1n) is 6.41. The molecule has 1 fully saturated rings. The summed E-state index contributed by atoms with van der Waals surface area (Å²) < 4.78 is 10.9. The van der Waals surface area contributed by atoms with Crippen molar-refractivity contribution in [2.75, 3.05) is 13.2 Å². The van der Waals surface area contributed by atoms with E-state index in [1.54, 1.807) is 24.3 Å². The second-order valence-corrected chi connectivity index (χ2v) is 4.82. The van der Waals surface area contributed by atoms with Crippen LogP contribution in [0.4, 0.5) is 0 Å². The molecule has 3 nitrogen and oxygen atoms in total. The Morgan fingerprint density at radius 3 is 3.11 bits per heavy atom. The summed E-state index contributed by atoms with van der Waals surface area (Å²) in [5.41, 5.74) is 0.689. The SMILES string of the molecule is OC(C#CCOC1CCCCO1)c1cccc(Cl)c1. The average molecular weight is 281 g/mol. The lowest BCUT2D eigenvalue weighted by Gasteiger charge is -2.21. The fourth-order valence-electron chi connectivity index (χ4n) is 1.88. The predicted molar refractivity (Wildman–Crippen MR) is 73.7 cm³/mol.